The van der Waals surface area contributed by atoms with E-state index < -0.39 is 0 Å². The molecule has 2 aliphatic heterocycles. The van der Waals surface area contributed by atoms with Crippen molar-refractivity contribution >= 4 is 58.6 Å². The van der Waals surface area contributed by atoms with Crippen LogP contribution in [0.5, 0.6) is 0 Å². The first-order chi connectivity index (χ1) is 19.6. The van der Waals surface area contributed by atoms with Crippen LogP contribution in [0.25, 0.3) is 44.8 Å². The first-order valence-corrected chi connectivity index (χ1v) is 13.6. The maximum Gasteiger partial charge on any atom is 0.138 e. The number of morpholine rings is 2. The van der Waals surface area contributed by atoms with Gasteiger partial charge >= 0.3 is 0 Å². The predicted octanol–water partition coefficient (Wildman–Crippen LogP) is 4.93. The van der Waals surface area contributed by atoms with Crippen molar-refractivity contribution < 1.29 is 9.47 Å². The Labute approximate surface area is 255 Å². The molecule has 2 aliphatic rings. The number of aromatic nitrogens is 4. The quantitative estimate of drug-likeness (QED) is 0.169. The zero-order valence-electron chi connectivity index (χ0n) is 22.9. The van der Waals surface area contributed by atoms with Crippen LogP contribution in [-0.4, -0.2) is 94.0 Å². The molecule has 10 nitrogen and oxygen atoms in total. The number of imidazole rings is 2. The van der Waals surface area contributed by atoms with Gasteiger partial charge in [0.25, 0.3) is 0 Å². The summed E-state index contributed by atoms with van der Waals surface area (Å²) < 4.78 is 10.8. The van der Waals surface area contributed by atoms with Gasteiger partial charge in [-0.2, -0.15) is 0 Å². The number of hydrogen-bond acceptors (Lipinski definition) is 6. The van der Waals surface area contributed by atoms with Crippen molar-refractivity contribution in [2.24, 2.45) is 0 Å². The van der Waals surface area contributed by atoms with Gasteiger partial charge in [-0.1, -0.05) is 24.3 Å². The summed E-state index contributed by atoms with van der Waals surface area (Å²) in [6.07, 6.45) is 0. The summed E-state index contributed by atoms with van der Waals surface area (Å²) in [6.45, 7) is 5.58. The number of amidine groups is 2. The molecule has 0 unspecified atom stereocenters. The second-order valence-corrected chi connectivity index (χ2v) is 10.1. The van der Waals surface area contributed by atoms with Gasteiger partial charge in [0.05, 0.1) is 48.5 Å². The zero-order valence-corrected chi connectivity index (χ0v) is 24.5. The van der Waals surface area contributed by atoms with Crippen LogP contribution in [0.2, 0.25) is 0 Å². The van der Waals surface area contributed by atoms with E-state index in [0.29, 0.717) is 38.1 Å². The maximum atomic E-state index is 8.61. The fourth-order valence-corrected chi connectivity index (χ4v) is 5.31. The van der Waals surface area contributed by atoms with E-state index in [-0.39, 0.29) is 24.8 Å². The van der Waals surface area contributed by atoms with E-state index >= 15 is 0 Å². The second-order valence-electron chi connectivity index (χ2n) is 10.1. The number of ether oxygens (including phenoxy) is 2. The molecule has 0 amide bonds. The Balaban J connectivity index is 0.00000176. The average Bonchev–Trinajstić information content (AvgIpc) is 3.65. The third-order valence-electron chi connectivity index (χ3n) is 7.60. The van der Waals surface area contributed by atoms with Gasteiger partial charge < -0.3 is 29.2 Å². The highest BCUT2D eigenvalue weighted by molar-refractivity contribution is 6.00. The Morgan fingerprint density at radius 3 is 1.36 bits per heavy atom. The van der Waals surface area contributed by atoms with Gasteiger partial charge in [-0.3, -0.25) is 10.8 Å². The third kappa shape index (κ3) is 5.71. The standard InChI is InChI=1S/C30H30N8O2.2ClH/c31-27(37-9-13-39-14-10-37)21-5-7-23-25(17-21)35-29(33-23)19-1-2-20(4-3-19)30-34-24-8-6-22(18-26(24)36-30)28(32)38-11-15-40-16-12-38;;/h1-8,17-18,31-32H,9-16H2,(H,33,35)(H,34,36);2*1H. The number of benzene rings is 3. The molecule has 4 N–H and O–H groups in total. The van der Waals surface area contributed by atoms with E-state index in [1.807, 2.05) is 70.5 Å². The minimum absolute atomic E-state index is 0. The molecule has 2 saturated heterocycles. The average molecular weight is 608 g/mol. The van der Waals surface area contributed by atoms with Crippen LogP contribution in [0.3, 0.4) is 0 Å². The zero-order chi connectivity index (χ0) is 27.1. The Hall–Kier alpha value is -3.96. The molecule has 3 aromatic carbocycles. The monoisotopic (exact) mass is 606 g/mol. The number of halogens is 2. The first-order valence-electron chi connectivity index (χ1n) is 13.6. The molecule has 0 saturated carbocycles. The summed E-state index contributed by atoms with van der Waals surface area (Å²) in [6, 6.07) is 20.0. The highest BCUT2D eigenvalue weighted by Gasteiger charge is 2.18. The molecule has 2 fully saturated rings. The number of fused-ring (bicyclic) bond motifs is 2. The van der Waals surface area contributed by atoms with Crippen molar-refractivity contribution in [1.29, 1.82) is 10.8 Å². The van der Waals surface area contributed by atoms with Gasteiger partial charge in [0.15, 0.2) is 0 Å². The SMILES string of the molecule is Cl.Cl.N=C(c1ccc2nc(-c3ccc(-c4nc5ccc(C(=N)N6CCOCC6)cc5[nH]4)cc3)[nH]c2c1)N1CCOCC1. The number of nitrogens with one attached hydrogen (secondary N) is 4. The Morgan fingerprint density at radius 1 is 0.595 bits per heavy atom. The highest BCUT2D eigenvalue weighted by Crippen LogP contribution is 2.26. The van der Waals surface area contributed by atoms with Crippen molar-refractivity contribution in [3.05, 3.63) is 71.8 Å². The number of hydrogen-bond donors (Lipinski definition) is 4. The molecule has 218 valence electrons. The molecule has 2 aromatic heterocycles. The second kappa shape index (κ2) is 12.5. The molecular weight excluding hydrogens is 575 g/mol. The van der Waals surface area contributed by atoms with Crippen molar-refractivity contribution in [2.45, 2.75) is 0 Å². The van der Waals surface area contributed by atoms with Crippen molar-refractivity contribution in [1.82, 2.24) is 29.7 Å². The van der Waals surface area contributed by atoms with Gasteiger partial charge in [-0.25, -0.2) is 9.97 Å². The Morgan fingerprint density at radius 2 is 0.976 bits per heavy atom. The van der Waals surface area contributed by atoms with Crippen LogP contribution in [0.1, 0.15) is 11.1 Å². The van der Waals surface area contributed by atoms with Crippen LogP contribution in [0.15, 0.2) is 60.7 Å². The molecule has 0 bridgehead atoms. The number of aromatic amines is 2. The summed E-state index contributed by atoms with van der Waals surface area (Å²) in [7, 11) is 0. The van der Waals surface area contributed by atoms with E-state index in [1.165, 1.54) is 0 Å². The van der Waals surface area contributed by atoms with Crippen LogP contribution < -0.4 is 0 Å². The van der Waals surface area contributed by atoms with E-state index in [1.54, 1.807) is 0 Å². The molecule has 0 spiro atoms. The fourth-order valence-electron chi connectivity index (χ4n) is 5.31. The maximum absolute atomic E-state index is 8.61. The molecular formula is C30H32Cl2N8O2. The largest absolute Gasteiger partial charge is 0.378 e. The van der Waals surface area contributed by atoms with Gasteiger partial charge in [0.1, 0.15) is 23.3 Å². The van der Waals surface area contributed by atoms with Crippen molar-refractivity contribution in [2.75, 3.05) is 52.6 Å². The van der Waals surface area contributed by atoms with E-state index in [4.69, 9.17) is 30.3 Å². The number of H-pyrrole nitrogens is 2. The van der Waals surface area contributed by atoms with Crippen LogP contribution in [0, 0.1) is 10.8 Å². The molecule has 0 aliphatic carbocycles. The first kappa shape index (κ1) is 29.5. The lowest BCUT2D eigenvalue weighted by atomic mass is 10.1. The normalized spacial score (nSPS) is 15.3. The van der Waals surface area contributed by atoms with Crippen LogP contribution in [0.4, 0.5) is 0 Å². The van der Waals surface area contributed by atoms with Gasteiger partial charge in [-0.05, 0) is 36.4 Å². The predicted molar refractivity (Wildman–Crippen MR) is 170 cm³/mol. The lowest BCUT2D eigenvalue weighted by Gasteiger charge is -2.29. The van der Waals surface area contributed by atoms with E-state index in [2.05, 4.69) is 9.97 Å². The minimum Gasteiger partial charge on any atom is -0.378 e. The summed E-state index contributed by atoms with van der Waals surface area (Å²) in [5.74, 6) is 2.60. The summed E-state index contributed by atoms with van der Waals surface area (Å²) >= 11 is 0. The van der Waals surface area contributed by atoms with E-state index in [0.717, 1.165) is 82.1 Å². The smallest absolute Gasteiger partial charge is 0.138 e. The minimum atomic E-state index is 0. The third-order valence-corrected chi connectivity index (χ3v) is 7.60. The topological polar surface area (TPSA) is 130 Å². The summed E-state index contributed by atoms with van der Waals surface area (Å²) in [5, 5.41) is 17.2. The molecule has 7 rings (SSSR count). The van der Waals surface area contributed by atoms with Crippen LogP contribution in [-0.2, 0) is 9.47 Å². The highest BCUT2D eigenvalue weighted by atomic mass is 35.5. The Bertz CT molecular complexity index is 1590. The molecule has 0 atom stereocenters. The van der Waals surface area contributed by atoms with Gasteiger partial charge in [-0.15, -0.1) is 24.8 Å². The Kier molecular flexibility index (Phi) is 8.79. The summed E-state index contributed by atoms with van der Waals surface area (Å²) in [4.78, 5) is 20.5. The number of nitrogens with zero attached hydrogens (tertiary/aromatic N) is 4. The summed E-state index contributed by atoms with van der Waals surface area (Å²) in [5.41, 5.74) is 7.24. The molecule has 42 heavy (non-hydrogen) atoms. The van der Waals surface area contributed by atoms with Crippen molar-refractivity contribution in [3.63, 3.8) is 0 Å². The number of rotatable bonds is 4. The molecule has 5 aromatic rings. The lowest BCUT2D eigenvalue weighted by Crippen LogP contribution is -2.40. The molecule has 12 heteroatoms. The fraction of sp³-hybridized carbons (Fsp3) is 0.267. The lowest BCUT2D eigenvalue weighted by molar-refractivity contribution is 0.0679. The van der Waals surface area contributed by atoms with E-state index in [9.17, 15) is 0 Å². The van der Waals surface area contributed by atoms with Gasteiger partial charge in [0, 0.05) is 48.4 Å². The van der Waals surface area contributed by atoms with Gasteiger partial charge in [0.2, 0.25) is 0 Å². The molecule has 0 radical (unpaired) electrons. The van der Waals surface area contributed by atoms with Crippen LogP contribution >= 0.6 is 24.8 Å². The van der Waals surface area contributed by atoms with Crippen molar-refractivity contribution in [3.8, 4) is 22.8 Å². The molecule has 4 heterocycles.